The molecule has 1 fully saturated rings. The molecule has 1 heterocycles. The second kappa shape index (κ2) is 4.29. The summed E-state index contributed by atoms with van der Waals surface area (Å²) in [4.78, 5) is 11.8. The predicted octanol–water partition coefficient (Wildman–Crippen LogP) is 3.35. The summed E-state index contributed by atoms with van der Waals surface area (Å²) in [6.45, 7) is 0. The molecule has 20 heavy (non-hydrogen) atoms. The van der Waals surface area contributed by atoms with Crippen LogP contribution in [0.15, 0.2) is 23.3 Å². The summed E-state index contributed by atoms with van der Waals surface area (Å²) in [5.74, 6) is -1.30. The fourth-order valence-corrected chi connectivity index (χ4v) is 2.20. The summed E-state index contributed by atoms with van der Waals surface area (Å²) in [6, 6.07) is 2.21. The van der Waals surface area contributed by atoms with Crippen LogP contribution in [0.3, 0.4) is 0 Å². The number of hydrazone groups is 1. The van der Waals surface area contributed by atoms with Crippen LogP contribution in [0.5, 0.6) is 0 Å². The van der Waals surface area contributed by atoms with E-state index in [1.807, 2.05) is 0 Å². The number of hydrogen-bond donors (Lipinski definition) is 0. The maximum absolute atomic E-state index is 13.0. The molecular weight excluding hydrogens is 276 g/mol. The largest absolute Gasteiger partial charge is 0.418 e. The Morgan fingerprint density at radius 2 is 1.95 bits per heavy atom. The van der Waals surface area contributed by atoms with Crippen LogP contribution in [-0.4, -0.2) is 11.6 Å². The number of nitrogens with zero attached hydrogens (tertiary/aromatic N) is 2. The van der Waals surface area contributed by atoms with Crippen molar-refractivity contribution in [1.29, 1.82) is 0 Å². The maximum Gasteiger partial charge on any atom is 0.418 e. The Morgan fingerprint density at radius 1 is 1.25 bits per heavy atom. The summed E-state index contributed by atoms with van der Waals surface area (Å²) in [7, 11) is 0. The Labute approximate surface area is 111 Å². The SMILES string of the molecule is O=C1CC(C2CC2)=NN1c1ccc(F)cc1C(F)(F)F. The van der Waals surface area contributed by atoms with E-state index in [4.69, 9.17) is 0 Å². The molecular formula is C13H10F4N2O. The van der Waals surface area contributed by atoms with Gasteiger partial charge in [-0.15, -0.1) is 0 Å². The van der Waals surface area contributed by atoms with E-state index in [-0.39, 0.29) is 12.3 Å². The second-order valence-electron chi connectivity index (χ2n) is 4.91. The normalized spacial score (nSPS) is 19.5. The van der Waals surface area contributed by atoms with Crippen LogP contribution < -0.4 is 5.01 Å². The van der Waals surface area contributed by atoms with Gasteiger partial charge in [-0.2, -0.15) is 23.3 Å². The van der Waals surface area contributed by atoms with Crippen molar-refractivity contribution in [3.05, 3.63) is 29.6 Å². The van der Waals surface area contributed by atoms with E-state index in [0.717, 1.165) is 30.0 Å². The van der Waals surface area contributed by atoms with Crippen LogP contribution in [0.2, 0.25) is 0 Å². The Balaban J connectivity index is 2.03. The zero-order valence-corrected chi connectivity index (χ0v) is 10.2. The fraction of sp³-hybridized carbons (Fsp3) is 0.385. The minimum atomic E-state index is -4.74. The van der Waals surface area contributed by atoms with Gasteiger partial charge in [0.05, 0.1) is 23.4 Å². The van der Waals surface area contributed by atoms with Crippen LogP contribution in [0.1, 0.15) is 24.8 Å². The molecule has 1 amide bonds. The van der Waals surface area contributed by atoms with Gasteiger partial charge in [0.25, 0.3) is 5.91 Å². The van der Waals surface area contributed by atoms with Gasteiger partial charge < -0.3 is 0 Å². The molecule has 0 atom stereocenters. The average Bonchev–Trinajstić information content (AvgIpc) is 3.12. The van der Waals surface area contributed by atoms with Crippen LogP contribution in [0, 0.1) is 11.7 Å². The molecule has 0 saturated heterocycles. The van der Waals surface area contributed by atoms with Crippen LogP contribution >= 0.6 is 0 Å². The third-order valence-electron chi connectivity index (χ3n) is 3.34. The van der Waals surface area contributed by atoms with Gasteiger partial charge in [-0.3, -0.25) is 4.79 Å². The first kappa shape index (κ1) is 13.1. The van der Waals surface area contributed by atoms with Gasteiger partial charge in [0, 0.05) is 0 Å². The topological polar surface area (TPSA) is 32.7 Å². The molecule has 1 aliphatic heterocycles. The molecule has 0 N–H and O–H groups in total. The van der Waals surface area contributed by atoms with Gasteiger partial charge in [-0.1, -0.05) is 0 Å². The first-order chi connectivity index (χ1) is 9.36. The second-order valence-corrected chi connectivity index (χ2v) is 4.91. The Morgan fingerprint density at radius 3 is 2.55 bits per heavy atom. The molecule has 106 valence electrons. The van der Waals surface area contributed by atoms with E-state index in [0.29, 0.717) is 11.8 Å². The predicted molar refractivity (Wildman–Crippen MR) is 63.7 cm³/mol. The van der Waals surface area contributed by atoms with E-state index in [1.165, 1.54) is 0 Å². The Kier molecular flexibility index (Phi) is 2.81. The maximum atomic E-state index is 13.0. The van der Waals surface area contributed by atoms with E-state index >= 15 is 0 Å². The van der Waals surface area contributed by atoms with E-state index in [1.54, 1.807) is 0 Å². The summed E-state index contributed by atoms with van der Waals surface area (Å²) >= 11 is 0. The third kappa shape index (κ3) is 2.28. The van der Waals surface area contributed by atoms with Gasteiger partial charge in [0.15, 0.2) is 0 Å². The number of alkyl halides is 3. The molecule has 7 heteroatoms. The lowest BCUT2D eigenvalue weighted by Crippen LogP contribution is -2.23. The lowest BCUT2D eigenvalue weighted by atomic mass is 10.1. The number of anilines is 1. The molecule has 1 saturated carbocycles. The van der Waals surface area contributed by atoms with Crippen molar-refractivity contribution in [2.24, 2.45) is 11.0 Å². The van der Waals surface area contributed by atoms with Gasteiger partial charge in [-0.25, -0.2) is 4.39 Å². The van der Waals surface area contributed by atoms with Crippen molar-refractivity contribution in [3.63, 3.8) is 0 Å². The Bertz CT molecular complexity index is 605. The molecule has 1 aliphatic carbocycles. The molecule has 1 aromatic rings. The molecule has 0 spiro atoms. The average molecular weight is 286 g/mol. The minimum Gasteiger partial charge on any atom is -0.272 e. The highest BCUT2D eigenvalue weighted by molar-refractivity contribution is 6.14. The molecule has 3 nitrogen and oxygen atoms in total. The summed E-state index contributed by atoms with van der Waals surface area (Å²) in [5.41, 5.74) is -0.987. The zero-order valence-electron chi connectivity index (χ0n) is 10.2. The molecule has 0 unspecified atom stereocenters. The minimum absolute atomic E-state index is 0.0410. The van der Waals surface area contributed by atoms with Crippen molar-refractivity contribution in [1.82, 2.24) is 0 Å². The number of carbonyl (C=O) groups is 1. The lowest BCUT2D eigenvalue weighted by Gasteiger charge is -2.18. The van der Waals surface area contributed by atoms with Crippen LogP contribution in [-0.2, 0) is 11.0 Å². The lowest BCUT2D eigenvalue weighted by molar-refractivity contribution is -0.137. The molecule has 3 rings (SSSR count). The highest BCUT2D eigenvalue weighted by atomic mass is 19.4. The van der Waals surface area contributed by atoms with Crippen molar-refractivity contribution in [2.75, 3.05) is 5.01 Å². The standard InChI is InChI=1S/C13H10F4N2O/c14-8-3-4-11(9(5-8)13(15,16)17)19-12(20)6-10(18-19)7-1-2-7/h3-5,7H,1-2,6H2. The summed E-state index contributed by atoms with van der Waals surface area (Å²) in [5, 5.41) is 4.73. The number of hydrogen-bond acceptors (Lipinski definition) is 2. The quantitative estimate of drug-likeness (QED) is 0.767. The van der Waals surface area contributed by atoms with Gasteiger partial charge >= 0.3 is 6.18 Å². The summed E-state index contributed by atoms with van der Waals surface area (Å²) in [6.07, 6.45) is -2.88. The van der Waals surface area contributed by atoms with Crippen molar-refractivity contribution >= 4 is 17.3 Å². The number of rotatable bonds is 2. The highest BCUT2D eigenvalue weighted by Crippen LogP contribution is 2.40. The molecule has 0 aromatic heterocycles. The first-order valence-corrected chi connectivity index (χ1v) is 6.13. The number of benzene rings is 1. The third-order valence-corrected chi connectivity index (χ3v) is 3.34. The monoisotopic (exact) mass is 286 g/mol. The van der Waals surface area contributed by atoms with Gasteiger partial charge in [-0.05, 0) is 37.0 Å². The molecule has 2 aliphatic rings. The molecule has 0 radical (unpaired) electrons. The van der Waals surface area contributed by atoms with Gasteiger partial charge in [0.2, 0.25) is 0 Å². The van der Waals surface area contributed by atoms with E-state index < -0.39 is 29.2 Å². The van der Waals surface area contributed by atoms with Crippen LogP contribution in [0.25, 0.3) is 0 Å². The zero-order chi connectivity index (χ0) is 14.5. The van der Waals surface area contributed by atoms with Gasteiger partial charge in [0.1, 0.15) is 5.82 Å². The van der Waals surface area contributed by atoms with Crippen molar-refractivity contribution in [2.45, 2.75) is 25.4 Å². The van der Waals surface area contributed by atoms with Crippen LogP contribution in [0.4, 0.5) is 23.2 Å². The number of halogens is 4. The molecule has 1 aromatic carbocycles. The first-order valence-electron chi connectivity index (χ1n) is 6.13. The number of amides is 1. The van der Waals surface area contributed by atoms with E-state index in [2.05, 4.69) is 5.10 Å². The number of carbonyl (C=O) groups excluding carboxylic acids is 1. The molecule has 0 bridgehead atoms. The smallest absolute Gasteiger partial charge is 0.272 e. The highest BCUT2D eigenvalue weighted by Gasteiger charge is 2.40. The Hall–Kier alpha value is -1.92. The van der Waals surface area contributed by atoms with Crippen molar-refractivity contribution < 1.29 is 22.4 Å². The fourth-order valence-electron chi connectivity index (χ4n) is 2.20. The summed E-state index contributed by atoms with van der Waals surface area (Å²) < 4.78 is 51.8. The van der Waals surface area contributed by atoms with Crippen molar-refractivity contribution in [3.8, 4) is 0 Å². The van der Waals surface area contributed by atoms with E-state index in [9.17, 15) is 22.4 Å².